The first-order valence-electron chi connectivity index (χ1n) is 15.9. The quantitative estimate of drug-likeness (QED) is 0.219. The molecule has 4 N–H and O–H groups in total. The van der Waals surface area contributed by atoms with Crippen molar-refractivity contribution >= 4 is 35.1 Å². The van der Waals surface area contributed by atoms with E-state index in [9.17, 15) is 35.9 Å². The molecule has 0 unspecified atom stereocenters. The van der Waals surface area contributed by atoms with E-state index in [-0.39, 0.29) is 23.8 Å². The summed E-state index contributed by atoms with van der Waals surface area (Å²) in [5.74, 6) is -5.47. The number of carbonyl (C=O) groups excluding carboxylic acids is 2. The van der Waals surface area contributed by atoms with Crippen LogP contribution in [0.4, 0.5) is 26.3 Å². The van der Waals surface area contributed by atoms with Crippen LogP contribution in [-0.2, 0) is 36.7 Å². The Morgan fingerprint density at radius 2 is 1.47 bits per heavy atom. The van der Waals surface area contributed by atoms with Crippen LogP contribution in [0.1, 0.15) is 65.7 Å². The second kappa shape index (κ2) is 19.7. The van der Waals surface area contributed by atoms with Crippen molar-refractivity contribution in [2.75, 3.05) is 52.5 Å². The number of piperidine rings is 1. The number of rotatable bonds is 11. The van der Waals surface area contributed by atoms with E-state index in [1.165, 1.54) is 11.1 Å². The summed E-state index contributed by atoms with van der Waals surface area (Å²) in [5.41, 5.74) is 8.02. The predicted octanol–water partition coefficient (Wildman–Crippen LogP) is 4.52. The average molecular weight is 757 g/mol. The molecule has 1 aromatic carbocycles. The van der Waals surface area contributed by atoms with E-state index in [2.05, 4.69) is 48.0 Å². The molecule has 1 aromatic heterocycles. The van der Waals surface area contributed by atoms with Gasteiger partial charge in [-0.25, -0.2) is 14.6 Å². The van der Waals surface area contributed by atoms with Crippen LogP contribution in [-0.4, -0.2) is 119 Å². The molecule has 0 aliphatic carbocycles. The molecule has 0 radical (unpaired) electrons. The summed E-state index contributed by atoms with van der Waals surface area (Å²) in [6, 6.07) is 8.71. The van der Waals surface area contributed by atoms with Crippen molar-refractivity contribution in [1.29, 1.82) is 0 Å². The highest BCUT2D eigenvalue weighted by Crippen LogP contribution is 2.31. The minimum Gasteiger partial charge on any atom is -0.475 e. The third-order valence-corrected chi connectivity index (χ3v) is 8.94. The number of carbonyl (C=O) groups is 4. The van der Waals surface area contributed by atoms with Crippen molar-refractivity contribution in [2.45, 2.75) is 69.8 Å². The first kappa shape index (κ1) is 43.4. The molecule has 3 heterocycles. The maximum absolute atomic E-state index is 13.1. The molecule has 2 saturated heterocycles. The second-order valence-corrected chi connectivity index (χ2v) is 13.0. The number of amides is 2. The number of likely N-dealkylation sites (tertiary alicyclic amines) is 1. The van der Waals surface area contributed by atoms with E-state index in [1.54, 1.807) is 11.3 Å². The van der Waals surface area contributed by atoms with E-state index in [4.69, 9.17) is 35.0 Å². The number of primary amides is 1. The molecule has 2 amide bonds. The number of hydrogen-bond donors (Lipinski definition) is 3. The Morgan fingerprint density at radius 3 is 1.94 bits per heavy atom. The molecule has 19 heteroatoms. The number of alkyl halides is 6. The lowest BCUT2D eigenvalue weighted by Crippen LogP contribution is -2.58. The normalized spacial score (nSPS) is 16.1. The minimum atomic E-state index is -5.08. The largest absolute Gasteiger partial charge is 0.490 e. The zero-order valence-electron chi connectivity index (χ0n) is 28.1. The molecule has 2 fully saturated rings. The molecule has 286 valence electrons. The molecule has 2 aliphatic rings. The summed E-state index contributed by atoms with van der Waals surface area (Å²) in [6.45, 7) is 10.1. The lowest BCUT2D eigenvalue weighted by Gasteiger charge is -2.47. The fourth-order valence-electron chi connectivity index (χ4n) is 4.94. The highest BCUT2D eigenvalue weighted by atomic mass is 32.1. The number of halogens is 6. The molecule has 0 saturated carbocycles. The van der Waals surface area contributed by atoms with Gasteiger partial charge in [-0.2, -0.15) is 26.3 Å². The maximum atomic E-state index is 13.1. The molecule has 2 aromatic rings. The number of ether oxygens (including phenoxy) is 2. The van der Waals surface area contributed by atoms with Crippen molar-refractivity contribution in [3.8, 4) is 0 Å². The van der Waals surface area contributed by atoms with Gasteiger partial charge in [0.25, 0.3) is 5.91 Å². The van der Waals surface area contributed by atoms with E-state index >= 15 is 0 Å². The summed E-state index contributed by atoms with van der Waals surface area (Å²) in [7, 11) is 0. The molecule has 4 rings (SSSR count). The monoisotopic (exact) mass is 756 g/mol. The fourth-order valence-corrected chi connectivity index (χ4v) is 5.75. The SMILES string of the molecule is CC(C)c1nc(C(=O)N2CCOC3(CCN(CCc4ccc(CCOCCC(N)=O)cc4)CC3)C2)cs1.O=C(O)C(F)(F)F.O=C(O)C(F)(F)F. The van der Waals surface area contributed by atoms with Crippen LogP contribution in [0.3, 0.4) is 0 Å². The molecule has 12 nitrogen and oxygen atoms in total. The molecule has 0 bridgehead atoms. The topological polar surface area (TPSA) is 173 Å². The van der Waals surface area contributed by atoms with Crippen molar-refractivity contribution in [3.63, 3.8) is 0 Å². The Bertz CT molecular complexity index is 1400. The van der Waals surface area contributed by atoms with Gasteiger partial charge in [0.15, 0.2) is 0 Å². The van der Waals surface area contributed by atoms with E-state index < -0.39 is 24.3 Å². The summed E-state index contributed by atoms with van der Waals surface area (Å²) in [6.07, 6.45) is -6.17. The maximum Gasteiger partial charge on any atom is 0.490 e. The van der Waals surface area contributed by atoms with Gasteiger partial charge < -0.3 is 35.2 Å². The number of benzene rings is 1. The Morgan fingerprint density at radius 1 is 0.941 bits per heavy atom. The van der Waals surface area contributed by atoms with Gasteiger partial charge in [-0.1, -0.05) is 38.1 Å². The van der Waals surface area contributed by atoms with Crippen molar-refractivity contribution in [1.82, 2.24) is 14.8 Å². The molecular weight excluding hydrogens is 714 g/mol. The average Bonchev–Trinajstić information content (AvgIpc) is 3.55. The summed E-state index contributed by atoms with van der Waals surface area (Å²) >= 11 is 1.57. The number of nitrogens with zero attached hydrogens (tertiary/aromatic N) is 3. The van der Waals surface area contributed by atoms with Crippen LogP contribution in [0.5, 0.6) is 0 Å². The van der Waals surface area contributed by atoms with Crippen LogP contribution in [0.2, 0.25) is 0 Å². The lowest BCUT2D eigenvalue weighted by atomic mass is 9.89. The Hall–Kier alpha value is -3.81. The lowest BCUT2D eigenvalue weighted by molar-refractivity contribution is -0.193. The summed E-state index contributed by atoms with van der Waals surface area (Å²) < 4.78 is 75.2. The number of aromatic nitrogens is 1. The predicted molar refractivity (Wildman–Crippen MR) is 172 cm³/mol. The van der Waals surface area contributed by atoms with Crippen molar-refractivity contribution < 1.29 is 65.2 Å². The number of morpholine rings is 1. The second-order valence-electron chi connectivity index (χ2n) is 12.1. The standard InChI is InChI=1S/C28H40N4O4S.2C2HF3O2/c1-21(2)26-30-24(19-37-26)27(34)32-15-18-36-28(20-32)10-13-31(14-11-28)12-7-22-3-5-23(6-4-22)8-16-35-17-9-25(29)33;2*3-2(4,5)1(6)7/h3-6,19,21H,7-18,20H2,1-2H3,(H2,29,33);2*(H,6,7). The zero-order valence-corrected chi connectivity index (χ0v) is 28.9. The third-order valence-electron chi connectivity index (χ3n) is 7.79. The van der Waals surface area contributed by atoms with E-state index in [1.807, 2.05) is 10.3 Å². The number of nitrogens with two attached hydrogens (primary N) is 1. The first-order valence-corrected chi connectivity index (χ1v) is 16.8. The number of aliphatic carboxylic acids is 2. The smallest absolute Gasteiger partial charge is 0.475 e. The highest BCUT2D eigenvalue weighted by molar-refractivity contribution is 7.09. The summed E-state index contributed by atoms with van der Waals surface area (Å²) in [5, 5.41) is 17.2. The highest BCUT2D eigenvalue weighted by Gasteiger charge is 2.41. The van der Waals surface area contributed by atoms with Gasteiger partial charge in [0.1, 0.15) is 5.69 Å². The number of carboxylic acids is 2. The molecule has 0 atom stereocenters. The third kappa shape index (κ3) is 15.5. The minimum absolute atomic E-state index is 0.0360. The van der Waals surface area contributed by atoms with Gasteiger partial charge >= 0.3 is 24.3 Å². The zero-order chi connectivity index (χ0) is 38.4. The van der Waals surface area contributed by atoms with Crippen molar-refractivity contribution in [2.24, 2.45) is 5.73 Å². The van der Waals surface area contributed by atoms with Crippen LogP contribution in [0.25, 0.3) is 0 Å². The number of carboxylic acid groups (broad SMARTS) is 2. The molecular formula is C32H42F6N4O8S. The Labute approximate surface area is 294 Å². The number of hydrogen-bond acceptors (Lipinski definition) is 9. The fraction of sp³-hybridized carbons (Fsp3) is 0.594. The molecule has 2 aliphatic heterocycles. The van der Waals surface area contributed by atoms with Crippen LogP contribution in [0.15, 0.2) is 29.6 Å². The van der Waals surface area contributed by atoms with E-state index in [0.717, 1.165) is 50.3 Å². The van der Waals surface area contributed by atoms with Gasteiger partial charge in [-0.05, 0) is 36.8 Å². The van der Waals surface area contributed by atoms with Crippen LogP contribution in [0, 0.1) is 0 Å². The molecule has 1 spiro atoms. The van der Waals surface area contributed by atoms with Gasteiger partial charge in [0, 0.05) is 43.9 Å². The van der Waals surface area contributed by atoms with Gasteiger partial charge in [0.2, 0.25) is 5.91 Å². The Kier molecular flexibility index (Phi) is 16.7. The van der Waals surface area contributed by atoms with Crippen molar-refractivity contribution in [3.05, 3.63) is 51.5 Å². The van der Waals surface area contributed by atoms with Crippen LogP contribution < -0.4 is 5.73 Å². The van der Waals surface area contributed by atoms with Gasteiger partial charge in [-0.3, -0.25) is 9.59 Å². The molecule has 51 heavy (non-hydrogen) atoms. The van der Waals surface area contributed by atoms with Crippen LogP contribution >= 0.6 is 11.3 Å². The summed E-state index contributed by atoms with van der Waals surface area (Å²) in [4.78, 5) is 50.7. The number of thiazole rings is 1. The van der Waals surface area contributed by atoms with Gasteiger partial charge in [0.05, 0.1) is 37.0 Å². The van der Waals surface area contributed by atoms with E-state index in [0.29, 0.717) is 44.5 Å². The Balaban J connectivity index is 0.000000543. The van der Waals surface area contributed by atoms with Gasteiger partial charge in [-0.15, -0.1) is 11.3 Å². The first-order chi connectivity index (χ1) is 23.7.